The number of carbonyl (C=O) groups excluding carboxylic acids is 1. The van der Waals surface area contributed by atoms with Gasteiger partial charge in [-0.2, -0.15) is 0 Å². The third-order valence-electron chi connectivity index (χ3n) is 4.28. The Morgan fingerprint density at radius 2 is 2.09 bits per heavy atom. The smallest absolute Gasteiger partial charge is 0.254 e. The van der Waals surface area contributed by atoms with E-state index >= 15 is 0 Å². The van der Waals surface area contributed by atoms with Crippen LogP contribution < -0.4 is 5.14 Å². The lowest BCUT2D eigenvalue weighted by Crippen LogP contribution is -2.38. The molecule has 0 saturated heterocycles. The Bertz CT molecular complexity index is 871. The van der Waals surface area contributed by atoms with Gasteiger partial charge in [0, 0.05) is 17.0 Å². The zero-order valence-corrected chi connectivity index (χ0v) is 14.6. The number of carbonyl (C=O) groups is 1. The first-order valence-corrected chi connectivity index (χ1v) is 9.72. The number of nitrogens with two attached hydrogens (primary N) is 1. The number of nitrogens with zero attached hydrogens (tertiary/aromatic N) is 1. The van der Waals surface area contributed by atoms with Gasteiger partial charge in [0.15, 0.2) is 0 Å². The number of fused-ring (bicyclic) bond motifs is 1. The summed E-state index contributed by atoms with van der Waals surface area (Å²) < 4.78 is 23.3. The molecule has 0 unspecified atom stereocenters. The molecule has 1 aromatic carbocycles. The summed E-state index contributed by atoms with van der Waals surface area (Å²) in [6, 6.07) is 6.69. The molecular weight excluding hydrogens is 332 g/mol. The summed E-state index contributed by atoms with van der Waals surface area (Å²) in [5, 5.41) is 7.27. The maximum absolute atomic E-state index is 12.8. The van der Waals surface area contributed by atoms with Gasteiger partial charge in [0.25, 0.3) is 5.91 Å². The van der Waals surface area contributed by atoms with Crippen molar-refractivity contribution < 1.29 is 13.2 Å². The number of benzene rings is 1. The second-order valence-electron chi connectivity index (χ2n) is 5.75. The Balaban J connectivity index is 1.96. The number of hydrogen-bond donors (Lipinski definition) is 1. The lowest BCUT2D eigenvalue weighted by Gasteiger charge is -2.33. The molecule has 122 valence electrons. The second kappa shape index (κ2) is 5.74. The van der Waals surface area contributed by atoms with Crippen molar-refractivity contribution in [1.29, 1.82) is 0 Å². The molecule has 1 aromatic heterocycles. The van der Waals surface area contributed by atoms with Gasteiger partial charge in [-0.3, -0.25) is 4.79 Å². The predicted octanol–water partition coefficient (Wildman–Crippen LogP) is 2.46. The second-order valence-corrected chi connectivity index (χ2v) is 8.28. The van der Waals surface area contributed by atoms with Crippen LogP contribution >= 0.6 is 11.3 Å². The number of primary sulfonamides is 1. The normalized spacial score (nSPS) is 17.9. The van der Waals surface area contributed by atoms with E-state index < -0.39 is 10.0 Å². The molecule has 1 aliphatic heterocycles. The number of amides is 1. The summed E-state index contributed by atoms with van der Waals surface area (Å²) in [4.78, 5) is 15.9. The lowest BCUT2D eigenvalue weighted by atomic mass is 10.00. The monoisotopic (exact) mass is 350 g/mol. The van der Waals surface area contributed by atoms with Crippen molar-refractivity contribution in [1.82, 2.24) is 4.90 Å². The van der Waals surface area contributed by atoms with Crippen molar-refractivity contribution in [2.24, 2.45) is 5.14 Å². The molecule has 0 aliphatic carbocycles. The fourth-order valence-electron chi connectivity index (χ4n) is 2.99. The fraction of sp³-hybridized carbons (Fsp3) is 0.312. The van der Waals surface area contributed by atoms with Gasteiger partial charge in [-0.25, -0.2) is 13.6 Å². The number of aryl methyl sites for hydroxylation is 1. The largest absolute Gasteiger partial charge is 0.331 e. The van der Waals surface area contributed by atoms with Gasteiger partial charge < -0.3 is 4.90 Å². The van der Waals surface area contributed by atoms with Crippen LogP contribution in [0.3, 0.4) is 0 Å². The molecule has 23 heavy (non-hydrogen) atoms. The Morgan fingerprint density at radius 3 is 2.78 bits per heavy atom. The van der Waals surface area contributed by atoms with E-state index in [1.165, 1.54) is 16.5 Å². The SMILES string of the molecule is Cc1ccc(C(=O)N2CCc3sccc3[C@H]2C)cc1S(N)(=O)=O. The molecule has 0 bridgehead atoms. The van der Waals surface area contributed by atoms with Gasteiger partial charge in [-0.05, 0) is 55.0 Å². The number of thiophene rings is 1. The lowest BCUT2D eigenvalue weighted by molar-refractivity contribution is 0.0679. The van der Waals surface area contributed by atoms with Gasteiger partial charge >= 0.3 is 0 Å². The van der Waals surface area contributed by atoms with Crippen molar-refractivity contribution in [2.45, 2.75) is 31.2 Å². The topological polar surface area (TPSA) is 80.5 Å². The average molecular weight is 350 g/mol. The summed E-state index contributed by atoms with van der Waals surface area (Å²) in [5.74, 6) is -0.167. The van der Waals surface area contributed by atoms with Crippen molar-refractivity contribution in [2.75, 3.05) is 6.54 Å². The third kappa shape index (κ3) is 2.91. The van der Waals surface area contributed by atoms with Crippen LogP contribution in [0.2, 0.25) is 0 Å². The van der Waals surface area contributed by atoms with Crippen LogP contribution in [0, 0.1) is 6.92 Å². The Kier molecular flexibility index (Phi) is 4.03. The summed E-state index contributed by atoms with van der Waals surface area (Å²) >= 11 is 1.71. The maximum atomic E-state index is 12.8. The highest BCUT2D eigenvalue weighted by molar-refractivity contribution is 7.89. The highest BCUT2D eigenvalue weighted by Gasteiger charge is 2.29. The molecule has 0 spiro atoms. The molecule has 2 N–H and O–H groups in total. The number of hydrogen-bond acceptors (Lipinski definition) is 4. The predicted molar refractivity (Wildman–Crippen MR) is 90.0 cm³/mol. The van der Waals surface area contributed by atoms with Gasteiger partial charge in [0.05, 0.1) is 10.9 Å². The summed E-state index contributed by atoms with van der Waals surface area (Å²) in [6.07, 6.45) is 0.830. The molecule has 7 heteroatoms. The highest BCUT2D eigenvalue weighted by Crippen LogP contribution is 2.33. The van der Waals surface area contributed by atoms with Crippen molar-refractivity contribution in [3.63, 3.8) is 0 Å². The average Bonchev–Trinajstić information content (AvgIpc) is 2.95. The molecule has 1 aliphatic rings. The molecular formula is C16H18N2O3S2. The van der Waals surface area contributed by atoms with Gasteiger partial charge in [-0.1, -0.05) is 6.07 Å². The van der Waals surface area contributed by atoms with E-state index in [0.29, 0.717) is 17.7 Å². The molecule has 1 amide bonds. The van der Waals surface area contributed by atoms with E-state index in [1.54, 1.807) is 35.3 Å². The van der Waals surface area contributed by atoms with Gasteiger partial charge in [0.2, 0.25) is 10.0 Å². The first-order chi connectivity index (χ1) is 10.8. The van der Waals surface area contributed by atoms with E-state index in [-0.39, 0.29) is 16.8 Å². The van der Waals surface area contributed by atoms with Crippen LogP contribution in [0.15, 0.2) is 34.5 Å². The Hall–Kier alpha value is -1.70. The third-order valence-corrected chi connectivity index (χ3v) is 6.33. The van der Waals surface area contributed by atoms with Crippen LogP contribution in [0.5, 0.6) is 0 Å². The maximum Gasteiger partial charge on any atom is 0.254 e. The first kappa shape index (κ1) is 16.2. The molecule has 2 heterocycles. The van der Waals surface area contributed by atoms with Crippen LogP contribution in [0.4, 0.5) is 0 Å². The van der Waals surface area contributed by atoms with Crippen molar-refractivity contribution in [3.05, 3.63) is 51.2 Å². The van der Waals surface area contributed by atoms with Crippen molar-refractivity contribution in [3.8, 4) is 0 Å². The summed E-state index contributed by atoms with van der Waals surface area (Å²) in [6.45, 7) is 4.29. The van der Waals surface area contributed by atoms with Crippen LogP contribution in [-0.4, -0.2) is 25.8 Å². The summed E-state index contributed by atoms with van der Waals surface area (Å²) in [5.41, 5.74) is 2.06. The van der Waals surface area contributed by atoms with Crippen molar-refractivity contribution >= 4 is 27.3 Å². The molecule has 3 rings (SSSR count). The zero-order chi connectivity index (χ0) is 16.8. The molecule has 5 nitrogen and oxygen atoms in total. The van der Waals surface area contributed by atoms with Crippen LogP contribution in [0.1, 0.15) is 39.3 Å². The summed E-state index contributed by atoms with van der Waals surface area (Å²) in [7, 11) is -3.84. The van der Waals surface area contributed by atoms with E-state index in [4.69, 9.17) is 5.14 Å². The van der Waals surface area contributed by atoms with Crippen LogP contribution in [0.25, 0.3) is 0 Å². The van der Waals surface area contributed by atoms with E-state index in [9.17, 15) is 13.2 Å². The number of sulfonamides is 1. The zero-order valence-electron chi connectivity index (χ0n) is 12.9. The minimum atomic E-state index is -3.84. The molecule has 2 aromatic rings. The Labute approximate surface area is 139 Å². The van der Waals surface area contributed by atoms with E-state index in [0.717, 1.165) is 6.42 Å². The van der Waals surface area contributed by atoms with E-state index in [1.807, 2.05) is 12.3 Å². The molecule has 0 saturated carbocycles. The van der Waals surface area contributed by atoms with E-state index in [2.05, 4.69) is 6.07 Å². The minimum Gasteiger partial charge on any atom is -0.331 e. The number of rotatable bonds is 2. The standard InChI is InChI=1S/C16H18N2O3S2/c1-10-3-4-12(9-15(10)23(17,20)21)16(19)18-7-5-14-13(11(18)2)6-8-22-14/h3-4,6,8-9,11H,5,7H2,1-2H3,(H2,17,20,21)/t11-/m1/s1. The van der Waals surface area contributed by atoms with Gasteiger partial charge in [-0.15, -0.1) is 11.3 Å². The minimum absolute atomic E-state index is 0.00392. The highest BCUT2D eigenvalue weighted by atomic mass is 32.2. The quantitative estimate of drug-likeness (QED) is 0.903. The first-order valence-electron chi connectivity index (χ1n) is 7.29. The fourth-order valence-corrected chi connectivity index (χ4v) is 4.76. The molecule has 0 radical (unpaired) electrons. The van der Waals surface area contributed by atoms with Gasteiger partial charge in [0.1, 0.15) is 0 Å². The molecule has 1 atom stereocenters. The van der Waals surface area contributed by atoms with Crippen LogP contribution in [-0.2, 0) is 16.4 Å². The Morgan fingerprint density at radius 1 is 1.35 bits per heavy atom. The molecule has 0 fully saturated rings.